The molecule has 1 aliphatic rings. The molecule has 218 valence electrons. The van der Waals surface area contributed by atoms with Gasteiger partial charge in [-0.05, 0) is 62.6 Å². The van der Waals surface area contributed by atoms with Crippen LogP contribution in [0, 0.1) is 6.92 Å². The van der Waals surface area contributed by atoms with Crippen molar-refractivity contribution < 1.29 is 18.0 Å². The molecule has 1 N–H and O–H groups in total. The summed E-state index contributed by atoms with van der Waals surface area (Å²) in [6, 6.07) is 19.2. The Kier molecular flexibility index (Phi) is 10.3. The average Bonchev–Trinajstić information content (AvgIpc) is 2.96. The van der Waals surface area contributed by atoms with Crippen LogP contribution in [0.4, 0.5) is 5.69 Å². The smallest absolute Gasteiger partial charge is 0.264 e. The van der Waals surface area contributed by atoms with Crippen LogP contribution in [0.3, 0.4) is 0 Å². The molecular weight excluding hydrogens is 581 g/mol. The maximum absolute atomic E-state index is 14.1. The van der Waals surface area contributed by atoms with Crippen molar-refractivity contribution in [2.75, 3.05) is 10.8 Å². The van der Waals surface area contributed by atoms with E-state index in [0.717, 1.165) is 47.5 Å². The molecule has 2 amide bonds. The van der Waals surface area contributed by atoms with Gasteiger partial charge in [0.15, 0.2) is 0 Å². The Hall–Kier alpha value is -3.07. The molecule has 0 saturated heterocycles. The number of anilines is 1. The summed E-state index contributed by atoms with van der Waals surface area (Å²) in [5.74, 6) is -0.784. The van der Waals surface area contributed by atoms with E-state index in [9.17, 15) is 18.0 Å². The van der Waals surface area contributed by atoms with Gasteiger partial charge in [0.2, 0.25) is 11.8 Å². The zero-order valence-corrected chi connectivity index (χ0v) is 25.6. The average molecular weight is 617 g/mol. The van der Waals surface area contributed by atoms with Gasteiger partial charge in [-0.3, -0.25) is 13.9 Å². The minimum absolute atomic E-state index is 0.0206. The third-order valence-electron chi connectivity index (χ3n) is 7.36. The number of aryl methyl sites for hydroxylation is 1. The lowest BCUT2D eigenvalue weighted by Gasteiger charge is -2.33. The second kappa shape index (κ2) is 13.7. The van der Waals surface area contributed by atoms with E-state index in [1.54, 1.807) is 25.1 Å². The van der Waals surface area contributed by atoms with Crippen molar-refractivity contribution in [3.63, 3.8) is 0 Å². The van der Waals surface area contributed by atoms with Gasteiger partial charge in [-0.1, -0.05) is 90.5 Å². The standard InChI is InChI=1S/C31H35Cl2N3O4S/c1-22-10-9-11-24(18-22)20-35(23(2)31(38)34-25-12-5-3-6-13-25)30(37)21-36(26-16-17-28(32)29(33)19-26)41(39,40)27-14-7-4-8-15-27/h4,7-11,14-19,23,25H,3,5-6,12-13,20-21H2,1-2H3,(H,34,38)/t23-/m1/s1. The SMILES string of the molecule is Cc1cccc(CN(C(=O)CN(c2ccc(Cl)c(Cl)c2)S(=O)(=O)c2ccccc2)[C@H](C)C(=O)NC2CCCCC2)c1. The first-order chi connectivity index (χ1) is 19.6. The zero-order valence-electron chi connectivity index (χ0n) is 23.2. The number of hydrogen-bond donors (Lipinski definition) is 1. The maximum atomic E-state index is 14.1. The van der Waals surface area contributed by atoms with E-state index < -0.39 is 28.5 Å². The van der Waals surface area contributed by atoms with Gasteiger partial charge in [-0.15, -0.1) is 0 Å². The van der Waals surface area contributed by atoms with Crippen molar-refractivity contribution in [3.8, 4) is 0 Å². The molecule has 41 heavy (non-hydrogen) atoms. The molecule has 0 aromatic heterocycles. The Morgan fingerprint density at radius 2 is 1.63 bits per heavy atom. The fourth-order valence-electron chi connectivity index (χ4n) is 5.05. The molecular formula is C31H35Cl2N3O4S. The summed E-state index contributed by atoms with van der Waals surface area (Å²) in [5, 5.41) is 3.52. The molecule has 0 unspecified atom stereocenters. The summed E-state index contributed by atoms with van der Waals surface area (Å²) in [5.41, 5.74) is 2.03. The van der Waals surface area contributed by atoms with Crippen molar-refractivity contribution in [2.24, 2.45) is 0 Å². The molecule has 4 rings (SSSR count). The number of carbonyl (C=O) groups excluding carboxylic acids is 2. The lowest BCUT2D eigenvalue weighted by atomic mass is 9.95. The molecule has 0 radical (unpaired) electrons. The molecule has 1 fully saturated rings. The molecule has 0 spiro atoms. The highest BCUT2D eigenvalue weighted by Gasteiger charge is 2.33. The third-order valence-corrected chi connectivity index (χ3v) is 9.88. The van der Waals surface area contributed by atoms with Gasteiger partial charge in [0.05, 0.1) is 20.6 Å². The van der Waals surface area contributed by atoms with E-state index in [0.29, 0.717) is 0 Å². The van der Waals surface area contributed by atoms with Gasteiger partial charge in [0.1, 0.15) is 12.6 Å². The molecule has 1 aliphatic carbocycles. The number of nitrogens with zero attached hydrogens (tertiary/aromatic N) is 2. The fraction of sp³-hybridized carbons (Fsp3) is 0.355. The third kappa shape index (κ3) is 7.82. The van der Waals surface area contributed by atoms with Crippen LogP contribution in [0.15, 0.2) is 77.7 Å². The Morgan fingerprint density at radius 3 is 2.29 bits per heavy atom. The van der Waals surface area contributed by atoms with Crippen LogP contribution in [0.25, 0.3) is 0 Å². The van der Waals surface area contributed by atoms with E-state index >= 15 is 0 Å². The van der Waals surface area contributed by atoms with Crippen LogP contribution < -0.4 is 9.62 Å². The number of hydrogen-bond acceptors (Lipinski definition) is 4. The predicted octanol–water partition coefficient (Wildman–Crippen LogP) is 6.36. The molecule has 0 bridgehead atoms. The second-order valence-electron chi connectivity index (χ2n) is 10.5. The predicted molar refractivity (Wildman–Crippen MR) is 164 cm³/mol. The van der Waals surface area contributed by atoms with Crippen molar-refractivity contribution in [3.05, 3.63) is 94.0 Å². The minimum atomic E-state index is -4.18. The van der Waals surface area contributed by atoms with Crippen molar-refractivity contribution in [1.29, 1.82) is 0 Å². The van der Waals surface area contributed by atoms with E-state index in [2.05, 4.69) is 5.32 Å². The first-order valence-corrected chi connectivity index (χ1v) is 15.9. The summed E-state index contributed by atoms with van der Waals surface area (Å²) >= 11 is 12.4. The minimum Gasteiger partial charge on any atom is -0.352 e. The molecule has 10 heteroatoms. The van der Waals surface area contributed by atoms with Gasteiger partial charge in [-0.2, -0.15) is 0 Å². The molecule has 0 aliphatic heterocycles. The van der Waals surface area contributed by atoms with Gasteiger partial charge >= 0.3 is 0 Å². The van der Waals surface area contributed by atoms with Gasteiger partial charge in [-0.25, -0.2) is 8.42 Å². The zero-order chi connectivity index (χ0) is 29.6. The molecule has 3 aromatic carbocycles. The van der Waals surface area contributed by atoms with Crippen molar-refractivity contribution >= 4 is 50.7 Å². The monoisotopic (exact) mass is 615 g/mol. The highest BCUT2D eigenvalue weighted by molar-refractivity contribution is 7.92. The molecule has 3 aromatic rings. The Balaban J connectivity index is 1.68. The Labute approximate surface area is 252 Å². The first kappa shape index (κ1) is 30.9. The number of halogens is 2. The summed E-state index contributed by atoms with van der Waals surface area (Å²) in [4.78, 5) is 28.9. The quantitative estimate of drug-likeness (QED) is 0.287. The summed E-state index contributed by atoms with van der Waals surface area (Å²) < 4.78 is 28.7. The van der Waals surface area contributed by atoms with Crippen LogP contribution in [0.2, 0.25) is 10.0 Å². The second-order valence-corrected chi connectivity index (χ2v) is 13.1. The highest BCUT2D eigenvalue weighted by atomic mass is 35.5. The van der Waals surface area contributed by atoms with Crippen LogP contribution in [0.1, 0.15) is 50.2 Å². The molecule has 7 nitrogen and oxygen atoms in total. The Bertz CT molecular complexity index is 1480. The van der Waals surface area contributed by atoms with Crippen LogP contribution in [-0.2, 0) is 26.2 Å². The number of carbonyl (C=O) groups is 2. The molecule has 1 atom stereocenters. The maximum Gasteiger partial charge on any atom is 0.264 e. The topological polar surface area (TPSA) is 86.8 Å². The molecule has 1 saturated carbocycles. The van der Waals surface area contributed by atoms with E-state index in [1.165, 1.54) is 35.2 Å². The summed E-state index contributed by atoms with van der Waals surface area (Å²) in [6.07, 6.45) is 5.08. The van der Waals surface area contributed by atoms with E-state index in [-0.39, 0.29) is 39.1 Å². The van der Waals surface area contributed by atoms with Crippen LogP contribution in [-0.4, -0.2) is 43.8 Å². The number of sulfonamides is 1. The van der Waals surface area contributed by atoms with Gasteiger partial charge in [0, 0.05) is 12.6 Å². The van der Waals surface area contributed by atoms with Gasteiger partial charge < -0.3 is 10.2 Å². The van der Waals surface area contributed by atoms with E-state index in [4.69, 9.17) is 23.2 Å². The fourth-order valence-corrected chi connectivity index (χ4v) is 6.77. The Morgan fingerprint density at radius 1 is 0.927 bits per heavy atom. The van der Waals surface area contributed by atoms with Crippen molar-refractivity contribution in [1.82, 2.24) is 10.2 Å². The highest BCUT2D eigenvalue weighted by Crippen LogP contribution is 2.31. The summed E-state index contributed by atoms with van der Waals surface area (Å²) in [7, 11) is -4.18. The lowest BCUT2D eigenvalue weighted by molar-refractivity contribution is -0.139. The number of benzene rings is 3. The lowest BCUT2D eigenvalue weighted by Crippen LogP contribution is -2.53. The van der Waals surface area contributed by atoms with E-state index in [1.807, 2.05) is 31.2 Å². The van der Waals surface area contributed by atoms with Crippen molar-refractivity contribution in [2.45, 2.75) is 69.5 Å². The number of amides is 2. The molecule has 0 heterocycles. The van der Waals surface area contributed by atoms with Crippen LogP contribution in [0.5, 0.6) is 0 Å². The first-order valence-electron chi connectivity index (χ1n) is 13.7. The van der Waals surface area contributed by atoms with Gasteiger partial charge in [0.25, 0.3) is 10.0 Å². The van der Waals surface area contributed by atoms with Crippen LogP contribution >= 0.6 is 23.2 Å². The summed E-state index contributed by atoms with van der Waals surface area (Å²) in [6.45, 7) is 3.23. The largest absolute Gasteiger partial charge is 0.352 e. The normalized spacial score (nSPS) is 14.7. The number of rotatable bonds is 10. The number of nitrogens with one attached hydrogen (secondary N) is 1.